The van der Waals surface area contributed by atoms with Gasteiger partial charge in [0.05, 0.1) is 22.3 Å². The summed E-state index contributed by atoms with van der Waals surface area (Å²) in [5, 5.41) is 4.83. The maximum absolute atomic E-state index is 15.6. The van der Waals surface area contributed by atoms with Gasteiger partial charge in [-0.25, -0.2) is 8.78 Å². The SMILES string of the molecule is [2H]C1([2H])N(CC2CNC2)C([2H])([2H])C([2H])([2H])N(c2cc3c(c(F)c2F)C(=O)N(C2CCC(=O)NC2=O)C3=O)C1([2H])[2H]. The number of nitrogens with zero attached hydrogens (tertiary/aromatic N) is 3. The molecule has 5 rings (SSSR count). The maximum Gasteiger partial charge on any atom is 0.265 e. The van der Waals surface area contributed by atoms with Crippen molar-refractivity contribution in [3.63, 3.8) is 0 Å². The Labute approximate surface area is 193 Å². The van der Waals surface area contributed by atoms with E-state index in [-0.39, 0.29) is 23.7 Å². The molecule has 1 aromatic rings. The number of carbonyl (C=O) groups excluding carboxylic acids is 4. The summed E-state index contributed by atoms with van der Waals surface area (Å²) in [6.45, 7) is -13.4. The summed E-state index contributed by atoms with van der Waals surface area (Å²) in [6, 6.07) is -1.09. The molecule has 0 aliphatic carbocycles. The number of nitrogens with one attached hydrogen (secondary N) is 2. The predicted molar refractivity (Wildman–Crippen MR) is 108 cm³/mol. The first-order chi connectivity index (χ1) is 18.4. The van der Waals surface area contributed by atoms with Crippen LogP contribution in [0.25, 0.3) is 0 Å². The van der Waals surface area contributed by atoms with Crippen molar-refractivity contribution < 1.29 is 38.9 Å². The highest BCUT2D eigenvalue weighted by Crippen LogP contribution is 2.35. The third-order valence-corrected chi connectivity index (χ3v) is 5.73. The number of anilines is 1. The maximum atomic E-state index is 15.6. The summed E-state index contributed by atoms with van der Waals surface area (Å²) in [6.07, 6.45) is -0.547. The van der Waals surface area contributed by atoms with Gasteiger partial charge in [0, 0.05) is 57.5 Å². The van der Waals surface area contributed by atoms with Crippen molar-refractivity contribution >= 4 is 29.3 Å². The number of imide groups is 2. The first-order valence-electron chi connectivity index (χ1n) is 13.9. The highest BCUT2D eigenvalue weighted by atomic mass is 19.2. The number of benzene rings is 1. The van der Waals surface area contributed by atoms with Gasteiger partial charge in [-0.2, -0.15) is 0 Å². The van der Waals surface area contributed by atoms with E-state index in [4.69, 9.17) is 11.0 Å². The molecular weight excluding hydrogens is 424 g/mol. The van der Waals surface area contributed by atoms with Crippen LogP contribution < -0.4 is 15.5 Å². The second-order valence-electron chi connectivity index (χ2n) is 7.81. The van der Waals surface area contributed by atoms with Crippen LogP contribution in [0.3, 0.4) is 0 Å². The molecule has 0 saturated carbocycles. The lowest BCUT2D eigenvalue weighted by Crippen LogP contribution is -2.54. The number of halogens is 2. The van der Waals surface area contributed by atoms with Crippen molar-refractivity contribution in [3.05, 3.63) is 28.8 Å². The summed E-state index contributed by atoms with van der Waals surface area (Å²) in [5.74, 6) is -8.76. The second-order valence-corrected chi connectivity index (χ2v) is 7.81. The molecule has 4 aliphatic rings. The second kappa shape index (κ2) is 7.89. The van der Waals surface area contributed by atoms with E-state index in [1.807, 2.05) is 5.32 Å². The van der Waals surface area contributed by atoms with Crippen LogP contribution in [-0.2, 0) is 9.59 Å². The highest BCUT2D eigenvalue weighted by molar-refractivity contribution is 6.24. The molecule has 32 heavy (non-hydrogen) atoms. The lowest BCUT2D eigenvalue weighted by molar-refractivity contribution is -0.136. The Bertz CT molecular complexity index is 1330. The van der Waals surface area contributed by atoms with E-state index in [0.29, 0.717) is 29.0 Å². The minimum Gasteiger partial charge on any atom is -0.366 e. The van der Waals surface area contributed by atoms with E-state index >= 15 is 8.78 Å². The molecule has 9 nitrogen and oxygen atoms in total. The van der Waals surface area contributed by atoms with Crippen LogP contribution in [0.2, 0.25) is 0 Å². The molecule has 3 fully saturated rings. The topological polar surface area (TPSA) is 102 Å². The number of carbonyl (C=O) groups is 4. The largest absolute Gasteiger partial charge is 0.366 e. The lowest BCUT2D eigenvalue weighted by Gasteiger charge is -2.39. The van der Waals surface area contributed by atoms with Gasteiger partial charge in [-0.05, 0) is 18.4 Å². The average molecular weight is 455 g/mol. The smallest absolute Gasteiger partial charge is 0.265 e. The van der Waals surface area contributed by atoms with Gasteiger partial charge in [-0.15, -0.1) is 0 Å². The highest BCUT2D eigenvalue weighted by Gasteiger charge is 2.47. The van der Waals surface area contributed by atoms with Gasteiger partial charge in [0.2, 0.25) is 11.8 Å². The van der Waals surface area contributed by atoms with Crippen LogP contribution in [0.1, 0.15) is 44.5 Å². The van der Waals surface area contributed by atoms with Crippen molar-refractivity contribution in [3.8, 4) is 0 Å². The Balaban J connectivity index is 1.62. The van der Waals surface area contributed by atoms with Crippen molar-refractivity contribution in [2.24, 2.45) is 5.92 Å². The van der Waals surface area contributed by atoms with Gasteiger partial charge < -0.3 is 10.2 Å². The monoisotopic (exact) mass is 455 g/mol. The molecule has 0 aromatic heterocycles. The van der Waals surface area contributed by atoms with Crippen molar-refractivity contribution in [2.75, 3.05) is 50.5 Å². The van der Waals surface area contributed by atoms with Crippen LogP contribution in [0.4, 0.5) is 14.5 Å². The Kier molecular flexibility index (Phi) is 3.35. The van der Waals surface area contributed by atoms with Crippen LogP contribution >= 0.6 is 0 Å². The molecule has 1 aromatic carbocycles. The number of amides is 4. The third kappa shape index (κ3) is 3.36. The number of piperidine rings is 1. The molecule has 170 valence electrons. The standard InChI is InChI=1S/C21H23F2N5O4/c22-17-14(27-5-3-26(4-6-27)10-11-8-24-9-11)7-12-16(18(17)23)21(32)28(20(12)31)13-1-2-15(29)25-19(13)30/h7,11,13,24H,1-6,8-10H2,(H,25,29,30)/i3D2,4D2,5D2,6D2. The molecule has 3 saturated heterocycles. The van der Waals surface area contributed by atoms with Crippen LogP contribution in [0, 0.1) is 17.6 Å². The van der Waals surface area contributed by atoms with Gasteiger partial charge >= 0.3 is 0 Å². The number of hydrogen-bond donors (Lipinski definition) is 2. The van der Waals surface area contributed by atoms with E-state index in [1.165, 1.54) is 0 Å². The van der Waals surface area contributed by atoms with E-state index in [9.17, 15) is 19.2 Å². The minimum absolute atomic E-state index is 0.222. The molecule has 2 N–H and O–H groups in total. The van der Waals surface area contributed by atoms with Crippen molar-refractivity contribution in [1.29, 1.82) is 0 Å². The average Bonchev–Trinajstić information content (AvgIpc) is 3.04. The minimum atomic E-state index is -3.55. The van der Waals surface area contributed by atoms with E-state index in [2.05, 4.69) is 5.32 Å². The van der Waals surface area contributed by atoms with Crippen LogP contribution in [-0.4, -0.2) is 85.1 Å². The van der Waals surface area contributed by atoms with Crippen molar-refractivity contribution in [1.82, 2.24) is 20.4 Å². The molecule has 0 spiro atoms. The molecule has 4 heterocycles. The van der Waals surface area contributed by atoms with E-state index < -0.39 is 90.7 Å². The molecular formula is C21H23F2N5O4. The third-order valence-electron chi connectivity index (χ3n) is 5.73. The van der Waals surface area contributed by atoms with Gasteiger partial charge in [0.15, 0.2) is 11.6 Å². The molecule has 0 bridgehead atoms. The quantitative estimate of drug-likeness (QED) is 0.602. The molecule has 1 atom stereocenters. The van der Waals surface area contributed by atoms with Gasteiger partial charge in [0.1, 0.15) is 6.04 Å². The first kappa shape index (κ1) is 13.6. The Morgan fingerprint density at radius 2 is 1.75 bits per heavy atom. The van der Waals surface area contributed by atoms with Gasteiger partial charge in [0.25, 0.3) is 11.8 Å². The summed E-state index contributed by atoms with van der Waals surface area (Å²) in [5.41, 5.74) is -3.31. The number of piperazine rings is 1. The fraction of sp³-hybridized carbons (Fsp3) is 0.524. The van der Waals surface area contributed by atoms with Gasteiger partial charge in [-0.1, -0.05) is 0 Å². The summed E-state index contributed by atoms with van der Waals surface area (Å²) >= 11 is 0. The lowest BCUT2D eigenvalue weighted by atomic mass is 10.0. The van der Waals surface area contributed by atoms with Gasteiger partial charge in [-0.3, -0.25) is 34.3 Å². The number of fused-ring (bicyclic) bond motifs is 1. The molecule has 0 radical (unpaired) electrons. The Morgan fingerprint density at radius 3 is 2.38 bits per heavy atom. The predicted octanol–water partition coefficient (Wildman–Crippen LogP) is -0.293. The number of rotatable bonds is 4. The van der Waals surface area contributed by atoms with Crippen molar-refractivity contribution in [2.45, 2.75) is 18.9 Å². The first-order valence-corrected chi connectivity index (χ1v) is 9.89. The fourth-order valence-electron chi connectivity index (χ4n) is 3.93. The van der Waals surface area contributed by atoms with E-state index in [1.54, 1.807) is 0 Å². The zero-order valence-corrected chi connectivity index (χ0v) is 16.5. The molecule has 4 amide bonds. The number of hydrogen-bond acceptors (Lipinski definition) is 7. The fourth-order valence-corrected chi connectivity index (χ4v) is 3.93. The van der Waals surface area contributed by atoms with Crippen LogP contribution in [0.5, 0.6) is 0 Å². The van der Waals surface area contributed by atoms with E-state index in [0.717, 1.165) is 0 Å². The molecule has 1 unspecified atom stereocenters. The summed E-state index contributed by atoms with van der Waals surface area (Å²) in [4.78, 5) is 50.5. The Hall–Kier alpha value is -2.92. The molecule has 11 heteroatoms. The summed E-state index contributed by atoms with van der Waals surface area (Å²) in [7, 11) is 0. The molecule has 4 aliphatic heterocycles. The Morgan fingerprint density at radius 1 is 1.03 bits per heavy atom. The normalized spacial score (nSPS) is 34.6. The zero-order chi connectivity index (χ0) is 29.7. The zero-order valence-electron chi connectivity index (χ0n) is 24.5. The van der Waals surface area contributed by atoms with Crippen LogP contribution in [0.15, 0.2) is 6.07 Å². The summed E-state index contributed by atoms with van der Waals surface area (Å²) < 4.78 is 99.0.